The van der Waals surface area contributed by atoms with Gasteiger partial charge in [0.1, 0.15) is 12.6 Å². The number of carbonyl (C=O) groups is 2. The summed E-state index contributed by atoms with van der Waals surface area (Å²) in [6.45, 7) is 3.12. The molecule has 0 aromatic heterocycles. The molecule has 1 aliphatic heterocycles. The maximum absolute atomic E-state index is 12.3. The summed E-state index contributed by atoms with van der Waals surface area (Å²) in [5.41, 5.74) is 4.30. The fraction of sp³-hybridized carbons (Fsp3) is 0.364. The number of amides is 1. The molecule has 0 spiro atoms. The van der Waals surface area contributed by atoms with Gasteiger partial charge in [-0.3, -0.25) is 0 Å². The van der Waals surface area contributed by atoms with Crippen molar-refractivity contribution in [2.45, 2.75) is 25.3 Å². The van der Waals surface area contributed by atoms with Crippen LogP contribution in [-0.2, 0) is 14.3 Å². The van der Waals surface area contributed by atoms with Crippen LogP contribution < -0.4 is 5.32 Å². The maximum Gasteiger partial charge on any atom is 0.407 e. The number of ether oxygens (including phenoxy) is 2. The lowest BCUT2D eigenvalue weighted by Gasteiger charge is -2.39. The van der Waals surface area contributed by atoms with Crippen molar-refractivity contribution in [2.75, 3.05) is 19.8 Å². The molecule has 6 nitrogen and oxygen atoms in total. The Morgan fingerprint density at radius 3 is 2.21 bits per heavy atom. The monoisotopic (exact) mass is 381 g/mol. The number of hydrogen-bond acceptors (Lipinski definition) is 4. The van der Waals surface area contributed by atoms with E-state index in [1.807, 2.05) is 43.3 Å². The minimum Gasteiger partial charge on any atom is -0.480 e. The highest BCUT2D eigenvalue weighted by molar-refractivity contribution is 5.81. The highest BCUT2D eigenvalue weighted by Gasteiger charge is 2.39. The third-order valence-electron chi connectivity index (χ3n) is 5.53. The van der Waals surface area contributed by atoms with Crippen molar-refractivity contribution < 1.29 is 24.2 Å². The van der Waals surface area contributed by atoms with E-state index in [9.17, 15) is 14.7 Å². The number of fused-ring (bicyclic) bond motifs is 3. The van der Waals surface area contributed by atoms with Crippen LogP contribution in [-0.4, -0.2) is 43.0 Å². The Morgan fingerprint density at radius 1 is 1.14 bits per heavy atom. The zero-order chi connectivity index (χ0) is 19.7. The first-order valence-corrected chi connectivity index (χ1v) is 9.39. The van der Waals surface area contributed by atoms with Crippen LogP contribution in [0.2, 0.25) is 0 Å². The Kier molecular flexibility index (Phi) is 4.81. The number of hydrogen-bond donors (Lipinski definition) is 2. The fourth-order valence-electron chi connectivity index (χ4n) is 4.04. The molecule has 4 rings (SSSR count). The van der Waals surface area contributed by atoms with Gasteiger partial charge >= 0.3 is 12.1 Å². The zero-order valence-electron chi connectivity index (χ0n) is 15.7. The standard InChI is InChI=1S/C22H23NO5/c1-22(12-27-13-22)10-19(20(24)25)23-21(26)28-11-18-16-8-4-2-6-14(16)15-7-3-5-9-17(15)18/h2-9,18-19H,10-13H2,1H3,(H,23,26)(H,24,25)/t19-/m0/s1. The zero-order valence-corrected chi connectivity index (χ0v) is 15.7. The molecule has 1 fully saturated rings. The molecule has 0 radical (unpaired) electrons. The minimum atomic E-state index is -1.07. The molecule has 0 unspecified atom stereocenters. The highest BCUT2D eigenvalue weighted by atomic mass is 16.5. The van der Waals surface area contributed by atoms with Gasteiger partial charge < -0.3 is 19.9 Å². The largest absolute Gasteiger partial charge is 0.480 e. The van der Waals surface area contributed by atoms with E-state index >= 15 is 0 Å². The first kappa shape index (κ1) is 18.5. The number of nitrogens with one attached hydrogen (secondary N) is 1. The van der Waals surface area contributed by atoms with E-state index in [2.05, 4.69) is 17.4 Å². The molecule has 1 heterocycles. The minimum absolute atomic E-state index is 0.0565. The van der Waals surface area contributed by atoms with E-state index in [1.54, 1.807) is 0 Å². The van der Waals surface area contributed by atoms with Crippen molar-refractivity contribution in [2.24, 2.45) is 5.41 Å². The second-order valence-corrected chi connectivity index (χ2v) is 7.87. The number of alkyl carbamates (subject to hydrolysis) is 1. The van der Waals surface area contributed by atoms with Gasteiger partial charge in [0.05, 0.1) is 13.2 Å². The van der Waals surface area contributed by atoms with E-state index < -0.39 is 18.1 Å². The number of carboxylic acid groups (broad SMARTS) is 1. The molecule has 1 atom stereocenters. The van der Waals surface area contributed by atoms with Crippen LogP contribution in [0.4, 0.5) is 4.79 Å². The summed E-state index contributed by atoms with van der Waals surface area (Å²) >= 11 is 0. The van der Waals surface area contributed by atoms with E-state index in [0.717, 1.165) is 22.3 Å². The van der Waals surface area contributed by atoms with Crippen LogP contribution in [0.25, 0.3) is 11.1 Å². The van der Waals surface area contributed by atoms with Gasteiger partial charge in [0.2, 0.25) is 0 Å². The smallest absolute Gasteiger partial charge is 0.407 e. The summed E-state index contributed by atoms with van der Waals surface area (Å²) in [5, 5.41) is 11.9. The Bertz CT molecular complexity index is 860. The van der Waals surface area contributed by atoms with Crippen molar-refractivity contribution in [1.29, 1.82) is 0 Å². The molecule has 1 saturated heterocycles. The van der Waals surface area contributed by atoms with Crippen molar-refractivity contribution in [3.05, 3.63) is 59.7 Å². The SMILES string of the molecule is CC1(C[C@H](NC(=O)OCC2c3ccccc3-c3ccccc32)C(=O)O)COC1. The third kappa shape index (κ3) is 3.47. The Labute approximate surface area is 163 Å². The van der Waals surface area contributed by atoms with Crippen LogP contribution in [0.1, 0.15) is 30.4 Å². The molecule has 1 amide bonds. The van der Waals surface area contributed by atoms with Gasteiger partial charge in [0, 0.05) is 11.3 Å². The van der Waals surface area contributed by atoms with Gasteiger partial charge in [-0.15, -0.1) is 0 Å². The van der Waals surface area contributed by atoms with Crippen LogP contribution >= 0.6 is 0 Å². The third-order valence-corrected chi connectivity index (χ3v) is 5.53. The molecule has 1 aliphatic carbocycles. The van der Waals surface area contributed by atoms with Crippen LogP contribution in [0.5, 0.6) is 0 Å². The molecule has 2 aromatic rings. The fourth-order valence-corrected chi connectivity index (χ4v) is 4.04. The molecule has 28 heavy (non-hydrogen) atoms. The van der Waals surface area contributed by atoms with E-state index in [1.165, 1.54) is 0 Å². The van der Waals surface area contributed by atoms with Crippen molar-refractivity contribution in [3.8, 4) is 11.1 Å². The summed E-state index contributed by atoms with van der Waals surface area (Å²) in [6, 6.07) is 15.1. The average Bonchev–Trinajstić information content (AvgIpc) is 2.98. The molecule has 0 bridgehead atoms. The summed E-state index contributed by atoms with van der Waals surface area (Å²) in [7, 11) is 0. The van der Waals surface area contributed by atoms with Gasteiger partial charge in [0.25, 0.3) is 0 Å². The quantitative estimate of drug-likeness (QED) is 0.801. The van der Waals surface area contributed by atoms with Gasteiger partial charge in [0.15, 0.2) is 0 Å². The molecular formula is C22H23NO5. The first-order chi connectivity index (χ1) is 13.5. The number of carboxylic acids is 1. The van der Waals surface area contributed by atoms with Crippen LogP contribution in [0.3, 0.4) is 0 Å². The number of benzene rings is 2. The topological polar surface area (TPSA) is 84.9 Å². The van der Waals surface area contributed by atoms with Crippen molar-refractivity contribution >= 4 is 12.1 Å². The molecule has 2 aliphatic rings. The first-order valence-electron chi connectivity index (χ1n) is 9.39. The van der Waals surface area contributed by atoms with Gasteiger partial charge in [-0.1, -0.05) is 55.5 Å². The average molecular weight is 381 g/mol. The van der Waals surface area contributed by atoms with Crippen LogP contribution in [0, 0.1) is 5.41 Å². The Hall–Kier alpha value is -2.86. The number of aliphatic carboxylic acids is 1. The second-order valence-electron chi connectivity index (χ2n) is 7.87. The molecule has 6 heteroatoms. The van der Waals surface area contributed by atoms with Gasteiger partial charge in [-0.05, 0) is 28.7 Å². The predicted molar refractivity (Wildman–Crippen MR) is 103 cm³/mol. The summed E-state index contributed by atoms with van der Waals surface area (Å²) < 4.78 is 10.6. The van der Waals surface area contributed by atoms with Gasteiger partial charge in [-0.2, -0.15) is 0 Å². The van der Waals surface area contributed by atoms with E-state index in [0.29, 0.717) is 19.6 Å². The Morgan fingerprint density at radius 2 is 1.71 bits per heavy atom. The van der Waals surface area contributed by atoms with Crippen molar-refractivity contribution in [1.82, 2.24) is 5.32 Å². The molecule has 0 saturated carbocycles. The van der Waals surface area contributed by atoms with Crippen molar-refractivity contribution in [3.63, 3.8) is 0 Å². The summed E-state index contributed by atoms with van der Waals surface area (Å²) in [5.74, 6) is -1.12. The maximum atomic E-state index is 12.3. The Balaban J connectivity index is 1.42. The van der Waals surface area contributed by atoms with Crippen LogP contribution in [0.15, 0.2) is 48.5 Å². The molecule has 146 valence electrons. The predicted octanol–water partition coefficient (Wildman–Crippen LogP) is 3.40. The lowest BCUT2D eigenvalue weighted by atomic mass is 9.82. The number of rotatable bonds is 6. The lowest BCUT2D eigenvalue weighted by molar-refractivity contribution is -0.145. The summed E-state index contributed by atoms with van der Waals surface area (Å²) in [4.78, 5) is 23.8. The second kappa shape index (κ2) is 7.28. The van der Waals surface area contributed by atoms with Gasteiger partial charge in [-0.25, -0.2) is 9.59 Å². The summed E-state index contributed by atoms with van der Waals surface area (Å²) in [6.07, 6.45) is -0.398. The number of carbonyl (C=O) groups excluding carboxylic acids is 1. The molecule has 2 N–H and O–H groups in total. The molecule has 2 aromatic carbocycles. The van der Waals surface area contributed by atoms with E-state index in [4.69, 9.17) is 9.47 Å². The van der Waals surface area contributed by atoms with E-state index in [-0.39, 0.29) is 17.9 Å². The normalized spacial score (nSPS) is 17.8. The molecular weight excluding hydrogens is 358 g/mol. The lowest BCUT2D eigenvalue weighted by Crippen LogP contribution is -2.50. The highest BCUT2D eigenvalue weighted by Crippen LogP contribution is 2.44.